The molecular weight excluding hydrogens is 412 g/mol. The van der Waals surface area contributed by atoms with Crippen molar-refractivity contribution >= 4 is 5.97 Å². The highest BCUT2D eigenvalue weighted by molar-refractivity contribution is 5.81. The Morgan fingerprint density at radius 1 is 1.27 bits per heavy atom. The maximum absolute atomic E-state index is 13.1. The van der Waals surface area contributed by atoms with E-state index in [-0.39, 0.29) is 17.6 Å². The minimum atomic E-state index is -0.592. The number of phenols is 1. The van der Waals surface area contributed by atoms with Crippen LogP contribution in [0.25, 0.3) is 0 Å². The summed E-state index contributed by atoms with van der Waals surface area (Å²) in [6.07, 6.45) is 12.3. The fourth-order valence-electron chi connectivity index (χ4n) is 5.15. The van der Waals surface area contributed by atoms with Crippen molar-refractivity contribution in [3.8, 4) is 11.5 Å². The van der Waals surface area contributed by atoms with Crippen molar-refractivity contribution in [3.63, 3.8) is 0 Å². The number of phenolic OH excluding ortho intramolecular Hbond substituents is 1. The number of hydrogen-bond acceptors (Lipinski definition) is 4. The Morgan fingerprint density at radius 3 is 2.64 bits per heavy atom. The van der Waals surface area contributed by atoms with Gasteiger partial charge in [-0.3, -0.25) is 4.79 Å². The molecule has 0 saturated heterocycles. The van der Waals surface area contributed by atoms with Crippen molar-refractivity contribution in [2.45, 2.75) is 78.7 Å². The summed E-state index contributed by atoms with van der Waals surface area (Å²) in [6.45, 7) is 12.9. The van der Waals surface area contributed by atoms with E-state index in [0.29, 0.717) is 24.0 Å². The zero-order valence-corrected chi connectivity index (χ0v) is 21.3. The molecule has 1 aromatic rings. The van der Waals surface area contributed by atoms with Crippen molar-refractivity contribution in [2.24, 2.45) is 17.8 Å². The van der Waals surface area contributed by atoms with Crippen molar-refractivity contribution in [1.82, 2.24) is 0 Å². The average molecular weight is 453 g/mol. The third kappa shape index (κ3) is 5.54. The predicted molar refractivity (Wildman–Crippen MR) is 134 cm³/mol. The molecule has 4 heteroatoms. The van der Waals surface area contributed by atoms with Crippen molar-refractivity contribution in [1.29, 1.82) is 0 Å². The van der Waals surface area contributed by atoms with Crippen molar-refractivity contribution in [3.05, 3.63) is 58.7 Å². The first-order chi connectivity index (χ1) is 15.6. The van der Waals surface area contributed by atoms with Gasteiger partial charge in [0.05, 0.1) is 13.0 Å². The van der Waals surface area contributed by atoms with E-state index in [0.717, 1.165) is 30.4 Å². The highest BCUT2D eigenvalue weighted by Gasteiger charge is 2.51. The Morgan fingerprint density at radius 2 is 2.00 bits per heavy atom. The second kappa shape index (κ2) is 10.2. The van der Waals surface area contributed by atoms with Crippen LogP contribution in [0.2, 0.25) is 0 Å². The van der Waals surface area contributed by atoms with Crippen LogP contribution in [0.15, 0.2) is 47.6 Å². The Balaban J connectivity index is 2.00. The Kier molecular flexibility index (Phi) is 7.76. The van der Waals surface area contributed by atoms with E-state index in [2.05, 4.69) is 65.8 Å². The fourth-order valence-corrected chi connectivity index (χ4v) is 5.15. The second-order valence-corrected chi connectivity index (χ2v) is 10.5. The van der Waals surface area contributed by atoms with Crippen LogP contribution in [0.3, 0.4) is 0 Å². The molecule has 0 radical (unpaired) electrons. The van der Waals surface area contributed by atoms with Gasteiger partial charge in [0, 0.05) is 17.0 Å². The van der Waals surface area contributed by atoms with E-state index >= 15 is 0 Å². The number of ether oxygens (including phenoxy) is 2. The SMILES string of the molecule is COC(=O)C1c2cc(O)cc(CC=C(C)CCC=C(C)C)c2OC2(C)C=CC(C(C)C)CC12. The Hall–Kier alpha value is -2.49. The molecule has 180 valence electrons. The van der Waals surface area contributed by atoms with Gasteiger partial charge in [-0.15, -0.1) is 0 Å². The standard InChI is InChI=1S/C29H40O4/c1-18(2)9-8-10-20(5)11-12-22-15-23(30)17-24-26(28(31)32-7)25-16-21(19(3)4)13-14-29(25,6)33-27(22)24/h9,11,13-15,17,19,21,25-26,30H,8,10,12,16H2,1-7H3. The molecule has 0 aromatic heterocycles. The first kappa shape index (κ1) is 25.1. The van der Waals surface area contributed by atoms with E-state index in [1.165, 1.54) is 18.3 Å². The predicted octanol–water partition coefficient (Wildman–Crippen LogP) is 6.88. The summed E-state index contributed by atoms with van der Waals surface area (Å²) in [5, 5.41) is 10.6. The zero-order valence-electron chi connectivity index (χ0n) is 21.3. The monoisotopic (exact) mass is 452 g/mol. The quantitative estimate of drug-likeness (QED) is 0.362. The lowest BCUT2D eigenvalue weighted by Crippen LogP contribution is -2.50. The molecule has 1 heterocycles. The Bertz CT molecular complexity index is 964. The van der Waals surface area contributed by atoms with Crippen LogP contribution in [0.4, 0.5) is 0 Å². The molecule has 4 unspecified atom stereocenters. The number of benzene rings is 1. The summed E-state index contributed by atoms with van der Waals surface area (Å²) in [5.41, 5.74) is 3.68. The van der Waals surface area contributed by atoms with Crippen LogP contribution in [0.1, 0.15) is 77.8 Å². The molecule has 1 aliphatic carbocycles. The number of carbonyl (C=O) groups is 1. The van der Waals surface area contributed by atoms with E-state index in [1.807, 2.05) is 0 Å². The molecule has 2 aliphatic rings. The lowest BCUT2D eigenvalue weighted by Gasteiger charge is -2.48. The third-order valence-electron chi connectivity index (χ3n) is 7.25. The molecule has 4 nitrogen and oxygen atoms in total. The van der Waals surface area contributed by atoms with Gasteiger partial charge in [0.2, 0.25) is 0 Å². The first-order valence-corrected chi connectivity index (χ1v) is 12.2. The molecule has 3 rings (SSSR count). The summed E-state index contributed by atoms with van der Waals surface area (Å²) in [5.74, 6) is 0.941. The fraction of sp³-hybridized carbons (Fsp3) is 0.552. The molecule has 33 heavy (non-hydrogen) atoms. The summed E-state index contributed by atoms with van der Waals surface area (Å²) in [4.78, 5) is 13.1. The van der Waals surface area contributed by atoms with Gasteiger partial charge in [0.15, 0.2) is 0 Å². The normalized spacial score (nSPS) is 26.3. The maximum Gasteiger partial charge on any atom is 0.313 e. The van der Waals surface area contributed by atoms with Crippen LogP contribution >= 0.6 is 0 Å². The molecule has 4 atom stereocenters. The number of hydrogen-bond donors (Lipinski definition) is 1. The minimum absolute atomic E-state index is 0.0501. The molecule has 0 bridgehead atoms. The Labute approximate surface area is 199 Å². The zero-order chi connectivity index (χ0) is 24.3. The molecule has 0 spiro atoms. The summed E-state index contributed by atoms with van der Waals surface area (Å²) in [7, 11) is 1.44. The van der Waals surface area contributed by atoms with Crippen molar-refractivity contribution in [2.75, 3.05) is 7.11 Å². The number of fused-ring (bicyclic) bond motifs is 2. The van der Waals surface area contributed by atoms with Gasteiger partial charge in [-0.05, 0) is 83.4 Å². The largest absolute Gasteiger partial charge is 0.508 e. The number of carbonyl (C=O) groups excluding carboxylic acids is 1. The molecule has 0 saturated carbocycles. The second-order valence-electron chi connectivity index (χ2n) is 10.5. The highest BCUT2D eigenvalue weighted by Crippen LogP contribution is 2.53. The van der Waals surface area contributed by atoms with Crippen LogP contribution in [-0.2, 0) is 16.0 Å². The summed E-state index contributed by atoms with van der Waals surface area (Å²) >= 11 is 0. The number of esters is 1. The van der Waals surface area contributed by atoms with Gasteiger partial charge in [-0.2, -0.15) is 0 Å². The van der Waals surface area contributed by atoms with E-state index < -0.39 is 11.5 Å². The molecule has 1 aliphatic heterocycles. The van der Waals surface area contributed by atoms with Crippen LogP contribution in [-0.4, -0.2) is 23.8 Å². The molecule has 0 fully saturated rings. The van der Waals surface area contributed by atoms with Gasteiger partial charge >= 0.3 is 5.97 Å². The van der Waals surface area contributed by atoms with Gasteiger partial charge < -0.3 is 14.6 Å². The van der Waals surface area contributed by atoms with Crippen molar-refractivity contribution < 1.29 is 19.4 Å². The van der Waals surface area contributed by atoms with Gasteiger partial charge in [0.1, 0.15) is 17.1 Å². The van der Waals surface area contributed by atoms with E-state index in [4.69, 9.17) is 9.47 Å². The molecular formula is C29H40O4. The van der Waals surface area contributed by atoms with Crippen LogP contribution in [0.5, 0.6) is 11.5 Å². The van der Waals surface area contributed by atoms with E-state index in [9.17, 15) is 9.90 Å². The van der Waals surface area contributed by atoms with E-state index in [1.54, 1.807) is 12.1 Å². The molecule has 1 N–H and O–H groups in total. The van der Waals surface area contributed by atoms with Crippen LogP contribution < -0.4 is 4.74 Å². The number of allylic oxidation sites excluding steroid dienone is 5. The minimum Gasteiger partial charge on any atom is -0.508 e. The number of methoxy groups -OCH3 is 1. The number of rotatable bonds is 7. The molecule has 1 aromatic carbocycles. The number of aromatic hydroxyl groups is 1. The average Bonchev–Trinajstić information content (AvgIpc) is 2.74. The summed E-state index contributed by atoms with van der Waals surface area (Å²) in [6, 6.07) is 3.45. The summed E-state index contributed by atoms with van der Waals surface area (Å²) < 4.78 is 11.9. The van der Waals surface area contributed by atoms with Gasteiger partial charge in [-0.1, -0.05) is 43.2 Å². The van der Waals surface area contributed by atoms with Crippen LogP contribution in [0, 0.1) is 17.8 Å². The molecule has 0 amide bonds. The highest BCUT2D eigenvalue weighted by atomic mass is 16.5. The topological polar surface area (TPSA) is 55.8 Å². The van der Waals surface area contributed by atoms with Gasteiger partial charge in [0.25, 0.3) is 0 Å². The third-order valence-corrected chi connectivity index (χ3v) is 7.25. The first-order valence-electron chi connectivity index (χ1n) is 12.2. The lowest BCUT2D eigenvalue weighted by atomic mass is 9.64. The maximum atomic E-state index is 13.1. The van der Waals surface area contributed by atoms with Gasteiger partial charge in [-0.25, -0.2) is 0 Å². The lowest BCUT2D eigenvalue weighted by molar-refractivity contribution is -0.147. The smallest absolute Gasteiger partial charge is 0.313 e.